The van der Waals surface area contributed by atoms with Crippen LogP contribution < -0.4 is 5.32 Å². The summed E-state index contributed by atoms with van der Waals surface area (Å²) in [6.45, 7) is 1.91. The van der Waals surface area contributed by atoms with Gasteiger partial charge in [0.1, 0.15) is 0 Å². The van der Waals surface area contributed by atoms with E-state index in [0.29, 0.717) is 15.1 Å². The van der Waals surface area contributed by atoms with Gasteiger partial charge in [-0.1, -0.05) is 48.0 Å². The molecule has 3 aromatic carbocycles. The third kappa shape index (κ3) is 3.90. The lowest BCUT2D eigenvalue weighted by molar-refractivity contribution is -0.115. The third-order valence-corrected chi connectivity index (χ3v) is 6.50. The van der Waals surface area contributed by atoms with Crippen LogP contribution in [0.5, 0.6) is 0 Å². The first-order valence-corrected chi connectivity index (χ1v) is 11.0. The lowest BCUT2D eigenvalue weighted by Gasteiger charge is -2.08. The van der Waals surface area contributed by atoms with Gasteiger partial charge in [-0.2, -0.15) is 0 Å². The van der Waals surface area contributed by atoms with Crippen LogP contribution in [-0.4, -0.2) is 15.6 Å². The molecule has 0 spiro atoms. The van der Waals surface area contributed by atoms with Gasteiger partial charge in [0.15, 0.2) is 5.17 Å². The standard InChI is InChI=1S/C25H18ClN3OS/c1-16-21(26)9-4-10-22(16)27-25-28-24(30)23(31-25)15-19-8-5-13-29(19)20-12-11-17-6-2-3-7-18(17)14-20/h2-15H,1H3,(H,27,28,30)/b23-15-. The molecule has 4 nitrogen and oxygen atoms in total. The first-order chi connectivity index (χ1) is 15.1. The summed E-state index contributed by atoms with van der Waals surface area (Å²) in [5, 5.41) is 6.42. The van der Waals surface area contributed by atoms with E-state index in [-0.39, 0.29) is 5.91 Å². The summed E-state index contributed by atoms with van der Waals surface area (Å²) >= 11 is 7.51. The van der Waals surface area contributed by atoms with Gasteiger partial charge in [0, 0.05) is 22.6 Å². The van der Waals surface area contributed by atoms with Gasteiger partial charge in [0.25, 0.3) is 5.91 Å². The van der Waals surface area contributed by atoms with E-state index in [4.69, 9.17) is 11.6 Å². The van der Waals surface area contributed by atoms with Crippen molar-refractivity contribution in [1.29, 1.82) is 0 Å². The van der Waals surface area contributed by atoms with Crippen molar-refractivity contribution in [1.82, 2.24) is 9.88 Å². The van der Waals surface area contributed by atoms with Crippen molar-refractivity contribution >= 4 is 57.0 Å². The molecule has 31 heavy (non-hydrogen) atoms. The lowest BCUT2D eigenvalue weighted by Crippen LogP contribution is -2.19. The minimum absolute atomic E-state index is 0.158. The Bertz CT molecular complexity index is 1390. The summed E-state index contributed by atoms with van der Waals surface area (Å²) in [5.41, 5.74) is 3.60. The Kier molecular flexibility index (Phi) is 5.14. The van der Waals surface area contributed by atoms with E-state index in [1.807, 2.05) is 61.7 Å². The van der Waals surface area contributed by atoms with Crippen LogP contribution in [0, 0.1) is 6.92 Å². The first kappa shape index (κ1) is 19.7. The van der Waals surface area contributed by atoms with Crippen molar-refractivity contribution in [2.24, 2.45) is 4.99 Å². The number of benzene rings is 3. The van der Waals surface area contributed by atoms with Crippen molar-refractivity contribution in [2.45, 2.75) is 6.92 Å². The fourth-order valence-electron chi connectivity index (χ4n) is 3.51. The number of halogens is 1. The Balaban J connectivity index is 1.46. The Morgan fingerprint density at radius 2 is 1.84 bits per heavy atom. The fraction of sp³-hybridized carbons (Fsp3) is 0.0400. The van der Waals surface area contributed by atoms with Crippen molar-refractivity contribution in [2.75, 3.05) is 0 Å². The number of carbonyl (C=O) groups excluding carboxylic acids is 1. The van der Waals surface area contributed by atoms with E-state index < -0.39 is 0 Å². The highest BCUT2D eigenvalue weighted by Crippen LogP contribution is 2.31. The molecule has 1 N–H and O–H groups in total. The molecule has 2 heterocycles. The maximum Gasteiger partial charge on any atom is 0.264 e. The minimum atomic E-state index is -0.158. The summed E-state index contributed by atoms with van der Waals surface area (Å²) in [6.07, 6.45) is 3.89. The van der Waals surface area contributed by atoms with Crippen LogP contribution in [0.4, 0.5) is 5.69 Å². The molecule has 1 aliphatic rings. The number of rotatable bonds is 3. The number of aliphatic imine (C=N–C) groups is 1. The summed E-state index contributed by atoms with van der Waals surface area (Å²) in [7, 11) is 0. The fourth-order valence-corrected chi connectivity index (χ4v) is 4.50. The first-order valence-electron chi connectivity index (χ1n) is 9.80. The van der Waals surface area contributed by atoms with Gasteiger partial charge in [-0.3, -0.25) is 4.79 Å². The molecule has 5 rings (SSSR count). The average Bonchev–Trinajstić information content (AvgIpc) is 3.37. The van der Waals surface area contributed by atoms with Crippen LogP contribution in [0.3, 0.4) is 0 Å². The number of thioether (sulfide) groups is 1. The van der Waals surface area contributed by atoms with Crippen LogP contribution >= 0.6 is 23.4 Å². The van der Waals surface area contributed by atoms with Gasteiger partial charge >= 0.3 is 0 Å². The molecule has 1 saturated heterocycles. The zero-order valence-electron chi connectivity index (χ0n) is 16.7. The molecule has 0 radical (unpaired) electrons. The van der Waals surface area contributed by atoms with E-state index >= 15 is 0 Å². The van der Waals surface area contributed by atoms with Crippen molar-refractivity contribution in [3.8, 4) is 5.69 Å². The second-order valence-corrected chi connectivity index (χ2v) is 8.64. The smallest absolute Gasteiger partial charge is 0.264 e. The van der Waals surface area contributed by atoms with E-state index in [0.717, 1.165) is 22.6 Å². The number of amidine groups is 1. The van der Waals surface area contributed by atoms with E-state index in [9.17, 15) is 4.79 Å². The molecule has 4 aromatic rings. The Morgan fingerprint density at radius 3 is 2.71 bits per heavy atom. The second-order valence-electron chi connectivity index (χ2n) is 7.20. The maximum atomic E-state index is 12.6. The topological polar surface area (TPSA) is 46.4 Å². The van der Waals surface area contributed by atoms with Gasteiger partial charge in [-0.15, -0.1) is 0 Å². The van der Waals surface area contributed by atoms with Crippen LogP contribution in [0.1, 0.15) is 11.3 Å². The number of hydrogen-bond acceptors (Lipinski definition) is 3. The molecule has 0 unspecified atom stereocenters. The molecule has 1 aromatic heterocycles. The van der Waals surface area contributed by atoms with E-state index in [1.165, 1.54) is 22.5 Å². The number of nitrogens with zero attached hydrogens (tertiary/aromatic N) is 2. The molecule has 0 atom stereocenters. The van der Waals surface area contributed by atoms with Gasteiger partial charge in [0.05, 0.1) is 10.6 Å². The molecule has 6 heteroatoms. The van der Waals surface area contributed by atoms with Gasteiger partial charge < -0.3 is 9.88 Å². The third-order valence-electron chi connectivity index (χ3n) is 5.18. The predicted molar refractivity (Wildman–Crippen MR) is 130 cm³/mol. The molecule has 1 fully saturated rings. The number of carbonyl (C=O) groups is 1. The van der Waals surface area contributed by atoms with E-state index in [2.05, 4.69) is 45.2 Å². The molecule has 1 aliphatic heterocycles. The van der Waals surface area contributed by atoms with Crippen LogP contribution in [0.2, 0.25) is 5.02 Å². The van der Waals surface area contributed by atoms with Gasteiger partial charge in [-0.25, -0.2) is 4.99 Å². The van der Waals surface area contributed by atoms with Gasteiger partial charge in [-0.05, 0) is 77.5 Å². The second kappa shape index (κ2) is 8.10. The number of hydrogen-bond donors (Lipinski definition) is 1. The number of fused-ring (bicyclic) bond motifs is 1. The molecule has 0 saturated carbocycles. The zero-order chi connectivity index (χ0) is 21.4. The molecule has 1 amide bonds. The van der Waals surface area contributed by atoms with E-state index in [1.54, 1.807) is 0 Å². The minimum Gasteiger partial charge on any atom is -0.317 e. The summed E-state index contributed by atoms with van der Waals surface area (Å²) in [6, 6.07) is 24.1. The highest BCUT2D eigenvalue weighted by atomic mass is 35.5. The van der Waals surface area contributed by atoms with Gasteiger partial charge in [0.2, 0.25) is 0 Å². The quantitative estimate of drug-likeness (QED) is 0.368. The zero-order valence-corrected chi connectivity index (χ0v) is 18.2. The summed E-state index contributed by atoms with van der Waals surface area (Å²) in [5.74, 6) is -0.158. The molecule has 0 bridgehead atoms. The van der Waals surface area contributed by atoms with Crippen molar-refractivity contribution in [3.63, 3.8) is 0 Å². The van der Waals surface area contributed by atoms with Crippen LogP contribution in [0.15, 0.2) is 88.9 Å². The number of aromatic nitrogens is 1. The summed E-state index contributed by atoms with van der Waals surface area (Å²) < 4.78 is 2.07. The Morgan fingerprint density at radius 1 is 1.00 bits per heavy atom. The molecular weight excluding hydrogens is 426 g/mol. The number of nitrogens with one attached hydrogen (secondary N) is 1. The predicted octanol–water partition coefficient (Wildman–Crippen LogP) is 6.48. The lowest BCUT2D eigenvalue weighted by atomic mass is 10.1. The Hall–Kier alpha value is -3.28. The number of amides is 1. The average molecular weight is 444 g/mol. The van der Waals surface area contributed by atoms with Crippen molar-refractivity contribution in [3.05, 3.63) is 100 Å². The normalized spacial score (nSPS) is 16.4. The van der Waals surface area contributed by atoms with Crippen LogP contribution in [-0.2, 0) is 4.79 Å². The SMILES string of the molecule is Cc1c(Cl)cccc1N=C1NC(=O)/C(=C/c2cccn2-c2ccc3ccccc3c2)S1. The highest BCUT2D eigenvalue weighted by molar-refractivity contribution is 8.18. The monoisotopic (exact) mass is 443 g/mol. The largest absolute Gasteiger partial charge is 0.317 e. The highest BCUT2D eigenvalue weighted by Gasteiger charge is 2.24. The van der Waals surface area contributed by atoms with Crippen molar-refractivity contribution < 1.29 is 4.79 Å². The maximum absolute atomic E-state index is 12.6. The molecular formula is C25H18ClN3OS. The molecule has 152 valence electrons. The summed E-state index contributed by atoms with van der Waals surface area (Å²) in [4.78, 5) is 17.7. The molecule has 0 aliphatic carbocycles. The van der Waals surface area contributed by atoms with Crippen LogP contribution in [0.25, 0.3) is 22.5 Å². The Labute approximate surface area is 189 Å².